The second kappa shape index (κ2) is 12.2. The molecule has 0 aliphatic carbocycles. The van der Waals surface area contributed by atoms with E-state index in [0.29, 0.717) is 18.5 Å². The van der Waals surface area contributed by atoms with Crippen LogP contribution in [0.4, 0.5) is 0 Å². The molecule has 3 aromatic carbocycles. The topological polar surface area (TPSA) is 93.7 Å². The molecule has 0 aliphatic heterocycles. The number of carbonyl (C=O) groups excluding carboxylic acids is 3. The van der Waals surface area contributed by atoms with E-state index >= 15 is 0 Å². The molecule has 2 amide bonds. The van der Waals surface area contributed by atoms with E-state index in [2.05, 4.69) is 10.6 Å². The number of hydrogen-bond donors (Lipinski definition) is 2. The van der Waals surface area contributed by atoms with Crippen molar-refractivity contribution in [3.63, 3.8) is 0 Å². The van der Waals surface area contributed by atoms with Crippen molar-refractivity contribution < 1.29 is 23.9 Å². The summed E-state index contributed by atoms with van der Waals surface area (Å²) in [6.45, 7) is 1.57. The summed E-state index contributed by atoms with van der Waals surface area (Å²) in [4.78, 5) is 36.6. The van der Waals surface area contributed by atoms with Crippen molar-refractivity contribution >= 4 is 17.8 Å². The Morgan fingerprint density at radius 3 is 2.12 bits per heavy atom. The molecule has 0 aromatic heterocycles. The van der Waals surface area contributed by atoms with Gasteiger partial charge in [-0.15, -0.1) is 0 Å². The second-order valence-corrected chi connectivity index (χ2v) is 7.65. The van der Waals surface area contributed by atoms with E-state index in [-0.39, 0.29) is 6.54 Å². The summed E-state index contributed by atoms with van der Waals surface area (Å²) in [7, 11) is 1.60. The Kier molecular flexibility index (Phi) is 8.80. The highest BCUT2D eigenvalue weighted by Gasteiger charge is 2.18. The average Bonchev–Trinajstić information content (AvgIpc) is 2.88. The zero-order chi connectivity index (χ0) is 24.3. The van der Waals surface area contributed by atoms with Crippen LogP contribution in [0.15, 0.2) is 78.9 Å². The molecule has 0 heterocycles. The minimum atomic E-state index is -0.967. The summed E-state index contributed by atoms with van der Waals surface area (Å²) in [5.74, 6) is -0.713. The lowest BCUT2D eigenvalue weighted by molar-refractivity contribution is -0.153. The highest BCUT2D eigenvalue weighted by atomic mass is 16.5. The van der Waals surface area contributed by atoms with Crippen molar-refractivity contribution in [2.75, 3.05) is 20.2 Å². The van der Waals surface area contributed by atoms with Crippen LogP contribution in [0.5, 0.6) is 5.75 Å². The maximum absolute atomic E-state index is 12.3. The molecular weight excluding hydrogens is 432 g/mol. The molecule has 0 spiro atoms. The quantitative estimate of drug-likeness (QED) is 0.453. The number of rotatable bonds is 10. The largest absolute Gasteiger partial charge is 0.497 e. The van der Waals surface area contributed by atoms with Crippen LogP contribution in [-0.4, -0.2) is 44.1 Å². The molecule has 3 aromatic rings. The first-order chi connectivity index (χ1) is 16.5. The average molecular weight is 461 g/mol. The molecule has 7 heteroatoms. The van der Waals surface area contributed by atoms with E-state index in [1.165, 1.54) is 6.92 Å². The Morgan fingerprint density at radius 2 is 1.47 bits per heavy atom. The summed E-state index contributed by atoms with van der Waals surface area (Å²) in [5, 5.41) is 5.26. The molecule has 0 radical (unpaired) electrons. The third-order valence-corrected chi connectivity index (χ3v) is 5.20. The predicted molar refractivity (Wildman–Crippen MR) is 129 cm³/mol. The van der Waals surface area contributed by atoms with E-state index < -0.39 is 23.9 Å². The van der Waals surface area contributed by atoms with Gasteiger partial charge in [0.05, 0.1) is 7.11 Å². The zero-order valence-corrected chi connectivity index (χ0v) is 19.2. The Balaban J connectivity index is 1.38. The lowest BCUT2D eigenvalue weighted by Gasteiger charge is -2.14. The number of hydrogen-bond acceptors (Lipinski definition) is 5. The van der Waals surface area contributed by atoms with Crippen LogP contribution >= 0.6 is 0 Å². The molecule has 7 nitrogen and oxygen atoms in total. The molecule has 1 atom stereocenters. The van der Waals surface area contributed by atoms with Crippen molar-refractivity contribution in [3.05, 3.63) is 90.0 Å². The normalized spacial score (nSPS) is 11.2. The highest BCUT2D eigenvalue weighted by molar-refractivity contribution is 5.96. The predicted octanol–water partition coefficient (Wildman–Crippen LogP) is 3.38. The fourth-order valence-electron chi connectivity index (χ4n) is 3.26. The van der Waals surface area contributed by atoms with Crippen molar-refractivity contribution in [2.45, 2.75) is 19.4 Å². The minimum Gasteiger partial charge on any atom is -0.497 e. The van der Waals surface area contributed by atoms with Crippen LogP contribution in [0.25, 0.3) is 11.1 Å². The standard InChI is InChI=1S/C27H28N2O5/c1-19(26(31)28-17-16-20-8-14-24(33-2)15-9-20)34-25(30)18-29-27(32)23-12-10-22(11-13-23)21-6-4-3-5-7-21/h3-15,19H,16-18H2,1-2H3,(H,28,31)(H,29,32). The summed E-state index contributed by atoms with van der Waals surface area (Å²) in [6.07, 6.45) is -0.333. The van der Waals surface area contributed by atoms with Gasteiger partial charge in [-0.25, -0.2) is 0 Å². The van der Waals surface area contributed by atoms with E-state index in [1.54, 1.807) is 19.2 Å². The van der Waals surface area contributed by atoms with Gasteiger partial charge in [-0.2, -0.15) is 0 Å². The fraction of sp³-hybridized carbons (Fsp3) is 0.222. The van der Waals surface area contributed by atoms with Gasteiger partial charge >= 0.3 is 5.97 Å². The number of benzene rings is 3. The number of esters is 1. The number of amides is 2. The second-order valence-electron chi connectivity index (χ2n) is 7.65. The van der Waals surface area contributed by atoms with Crippen molar-refractivity contribution in [1.29, 1.82) is 0 Å². The number of ether oxygens (including phenoxy) is 2. The fourth-order valence-corrected chi connectivity index (χ4v) is 3.26. The van der Waals surface area contributed by atoms with Gasteiger partial charge in [0.1, 0.15) is 12.3 Å². The van der Waals surface area contributed by atoms with Crippen molar-refractivity contribution in [3.8, 4) is 16.9 Å². The molecule has 2 N–H and O–H groups in total. The molecule has 0 aliphatic rings. The van der Waals surface area contributed by atoms with Gasteiger partial charge in [-0.05, 0) is 54.3 Å². The van der Waals surface area contributed by atoms with Crippen molar-refractivity contribution in [2.24, 2.45) is 0 Å². The zero-order valence-electron chi connectivity index (χ0n) is 19.2. The molecule has 0 bridgehead atoms. The summed E-state index contributed by atoms with van der Waals surface area (Å²) >= 11 is 0. The first kappa shape index (κ1) is 24.5. The summed E-state index contributed by atoms with van der Waals surface area (Å²) < 4.78 is 10.2. The molecule has 0 fully saturated rings. The number of methoxy groups -OCH3 is 1. The lowest BCUT2D eigenvalue weighted by atomic mass is 10.0. The van der Waals surface area contributed by atoms with Crippen molar-refractivity contribution in [1.82, 2.24) is 10.6 Å². The highest BCUT2D eigenvalue weighted by Crippen LogP contribution is 2.19. The SMILES string of the molecule is COc1ccc(CCNC(=O)C(C)OC(=O)CNC(=O)c2ccc(-c3ccccc3)cc2)cc1. The van der Waals surface area contributed by atoms with Crippen LogP contribution in [0.1, 0.15) is 22.8 Å². The van der Waals surface area contributed by atoms with E-state index in [4.69, 9.17) is 9.47 Å². The van der Waals surface area contributed by atoms with Gasteiger partial charge in [-0.1, -0.05) is 54.6 Å². The Labute approximate surface area is 199 Å². The van der Waals surface area contributed by atoms with Gasteiger partial charge in [0.25, 0.3) is 11.8 Å². The maximum Gasteiger partial charge on any atom is 0.326 e. The number of carbonyl (C=O) groups is 3. The third-order valence-electron chi connectivity index (χ3n) is 5.20. The molecule has 1 unspecified atom stereocenters. The van der Waals surface area contributed by atoms with Crippen LogP contribution < -0.4 is 15.4 Å². The summed E-state index contributed by atoms with van der Waals surface area (Å²) in [5.41, 5.74) is 3.51. The third kappa shape index (κ3) is 7.20. The monoisotopic (exact) mass is 460 g/mol. The van der Waals surface area contributed by atoms with Crippen LogP contribution in [0.2, 0.25) is 0 Å². The number of nitrogens with one attached hydrogen (secondary N) is 2. The molecule has 0 saturated heterocycles. The van der Waals surface area contributed by atoms with Crippen LogP contribution in [0.3, 0.4) is 0 Å². The smallest absolute Gasteiger partial charge is 0.326 e. The Bertz CT molecular complexity index is 1100. The van der Waals surface area contributed by atoms with Crippen LogP contribution in [0, 0.1) is 0 Å². The first-order valence-electron chi connectivity index (χ1n) is 11.0. The minimum absolute atomic E-state index is 0.331. The van der Waals surface area contributed by atoms with Gasteiger partial charge < -0.3 is 20.1 Å². The molecular formula is C27H28N2O5. The first-order valence-corrected chi connectivity index (χ1v) is 11.0. The van der Waals surface area contributed by atoms with Gasteiger partial charge in [0.15, 0.2) is 6.10 Å². The van der Waals surface area contributed by atoms with E-state index in [1.807, 2.05) is 66.7 Å². The Hall–Kier alpha value is -4.13. The summed E-state index contributed by atoms with van der Waals surface area (Å²) in [6, 6.07) is 24.5. The van der Waals surface area contributed by atoms with Gasteiger partial charge in [0, 0.05) is 12.1 Å². The molecule has 0 saturated carbocycles. The van der Waals surface area contributed by atoms with E-state index in [0.717, 1.165) is 22.4 Å². The van der Waals surface area contributed by atoms with E-state index in [9.17, 15) is 14.4 Å². The maximum atomic E-state index is 12.3. The lowest BCUT2D eigenvalue weighted by Crippen LogP contribution is -2.39. The molecule has 176 valence electrons. The van der Waals surface area contributed by atoms with Gasteiger partial charge in [-0.3, -0.25) is 14.4 Å². The molecule has 34 heavy (non-hydrogen) atoms. The molecule has 3 rings (SSSR count). The Morgan fingerprint density at radius 1 is 0.824 bits per heavy atom. The van der Waals surface area contributed by atoms with Gasteiger partial charge in [0.2, 0.25) is 0 Å². The van der Waals surface area contributed by atoms with Crippen LogP contribution in [-0.2, 0) is 20.7 Å².